The molecule has 0 aliphatic carbocycles. The maximum atomic E-state index is 12.9. The second-order valence-corrected chi connectivity index (χ2v) is 5.41. The van der Waals surface area contributed by atoms with Crippen LogP contribution in [0.5, 0.6) is 0 Å². The van der Waals surface area contributed by atoms with Gasteiger partial charge in [0.25, 0.3) is 0 Å². The van der Waals surface area contributed by atoms with E-state index < -0.39 is 0 Å². The molecule has 17 heavy (non-hydrogen) atoms. The van der Waals surface area contributed by atoms with E-state index in [1.165, 1.54) is 23.7 Å². The van der Waals surface area contributed by atoms with Gasteiger partial charge in [-0.05, 0) is 42.6 Å². The number of hydrogen-bond donors (Lipinski definition) is 1. The highest BCUT2D eigenvalue weighted by molar-refractivity contribution is 9.10. The standard InChI is InChI=1S/C11H11BrFN3S/c1-6-11(17-16-15-6)10(14)4-7-2-3-8(13)5-9(7)12/h2-3,5,10H,4,14H2,1H3. The fraction of sp³-hybridized carbons (Fsp3) is 0.273. The average molecular weight is 316 g/mol. The molecule has 0 saturated heterocycles. The molecule has 1 aromatic heterocycles. The zero-order chi connectivity index (χ0) is 12.4. The summed E-state index contributed by atoms with van der Waals surface area (Å²) in [6.45, 7) is 1.89. The number of aromatic nitrogens is 2. The Morgan fingerprint density at radius 1 is 1.53 bits per heavy atom. The second-order valence-electron chi connectivity index (χ2n) is 3.77. The van der Waals surface area contributed by atoms with Gasteiger partial charge >= 0.3 is 0 Å². The third-order valence-electron chi connectivity index (χ3n) is 2.48. The average Bonchev–Trinajstić information content (AvgIpc) is 2.68. The van der Waals surface area contributed by atoms with Crippen LogP contribution in [0, 0.1) is 12.7 Å². The van der Waals surface area contributed by atoms with Gasteiger partial charge < -0.3 is 5.73 Å². The van der Waals surface area contributed by atoms with E-state index in [9.17, 15) is 4.39 Å². The van der Waals surface area contributed by atoms with Crippen LogP contribution in [0.4, 0.5) is 4.39 Å². The van der Waals surface area contributed by atoms with Crippen molar-refractivity contribution in [2.75, 3.05) is 0 Å². The van der Waals surface area contributed by atoms with Crippen molar-refractivity contribution in [3.63, 3.8) is 0 Å². The summed E-state index contributed by atoms with van der Waals surface area (Å²) in [5, 5.41) is 3.93. The first kappa shape index (κ1) is 12.6. The Kier molecular flexibility index (Phi) is 3.86. The Balaban J connectivity index is 2.19. The quantitative estimate of drug-likeness (QED) is 0.947. The van der Waals surface area contributed by atoms with Crippen LogP contribution in [0.15, 0.2) is 22.7 Å². The first-order valence-corrected chi connectivity index (χ1v) is 6.63. The molecule has 2 aromatic rings. The molecule has 0 saturated carbocycles. The Morgan fingerprint density at radius 3 is 2.88 bits per heavy atom. The van der Waals surface area contributed by atoms with Gasteiger partial charge in [-0.1, -0.05) is 26.5 Å². The van der Waals surface area contributed by atoms with Crippen molar-refractivity contribution in [2.24, 2.45) is 5.73 Å². The molecule has 1 atom stereocenters. The Hall–Kier alpha value is -0.850. The third kappa shape index (κ3) is 2.88. The lowest BCUT2D eigenvalue weighted by atomic mass is 10.0. The van der Waals surface area contributed by atoms with Crippen LogP contribution < -0.4 is 5.73 Å². The molecule has 0 spiro atoms. The van der Waals surface area contributed by atoms with Gasteiger partial charge in [-0.15, -0.1) is 5.10 Å². The molecule has 0 bridgehead atoms. The van der Waals surface area contributed by atoms with Gasteiger partial charge in [0.2, 0.25) is 0 Å². The molecular weight excluding hydrogens is 305 g/mol. The van der Waals surface area contributed by atoms with Crippen LogP contribution in [0.3, 0.4) is 0 Å². The molecule has 2 rings (SSSR count). The Bertz CT molecular complexity index is 529. The van der Waals surface area contributed by atoms with Crippen molar-refractivity contribution in [3.05, 3.63) is 44.6 Å². The molecule has 0 radical (unpaired) electrons. The lowest BCUT2D eigenvalue weighted by molar-refractivity contribution is 0.624. The van der Waals surface area contributed by atoms with Crippen LogP contribution in [-0.4, -0.2) is 9.59 Å². The van der Waals surface area contributed by atoms with E-state index in [1.807, 2.05) is 6.92 Å². The minimum absolute atomic E-state index is 0.156. The molecule has 1 heterocycles. The van der Waals surface area contributed by atoms with Crippen LogP contribution in [0.1, 0.15) is 22.2 Å². The molecule has 6 heteroatoms. The first-order chi connectivity index (χ1) is 8.08. The molecule has 1 aromatic carbocycles. The molecule has 90 valence electrons. The van der Waals surface area contributed by atoms with E-state index >= 15 is 0 Å². The number of benzene rings is 1. The number of nitrogens with zero attached hydrogens (tertiary/aromatic N) is 2. The fourth-order valence-corrected chi connectivity index (χ4v) is 2.75. The molecule has 0 amide bonds. The molecule has 1 unspecified atom stereocenters. The van der Waals surface area contributed by atoms with Crippen molar-refractivity contribution >= 4 is 27.5 Å². The number of hydrogen-bond acceptors (Lipinski definition) is 4. The van der Waals surface area contributed by atoms with Crippen molar-refractivity contribution < 1.29 is 4.39 Å². The van der Waals surface area contributed by atoms with E-state index in [0.717, 1.165) is 20.6 Å². The molecule has 0 aliphatic rings. The maximum Gasteiger partial charge on any atom is 0.124 e. The summed E-state index contributed by atoms with van der Waals surface area (Å²) >= 11 is 4.64. The van der Waals surface area contributed by atoms with Gasteiger partial charge in [0.05, 0.1) is 10.6 Å². The third-order valence-corrected chi connectivity index (χ3v) is 4.17. The first-order valence-electron chi connectivity index (χ1n) is 5.06. The summed E-state index contributed by atoms with van der Waals surface area (Å²) in [6, 6.07) is 4.46. The second kappa shape index (κ2) is 5.20. The van der Waals surface area contributed by atoms with E-state index in [0.29, 0.717) is 6.42 Å². The fourth-order valence-electron chi connectivity index (χ4n) is 1.59. The summed E-state index contributed by atoms with van der Waals surface area (Å²) < 4.78 is 17.5. The largest absolute Gasteiger partial charge is 0.323 e. The summed E-state index contributed by atoms with van der Waals surface area (Å²) in [4.78, 5) is 0.973. The lowest BCUT2D eigenvalue weighted by Crippen LogP contribution is -2.13. The van der Waals surface area contributed by atoms with Gasteiger partial charge in [-0.3, -0.25) is 0 Å². The summed E-state index contributed by atoms with van der Waals surface area (Å²) in [6.07, 6.45) is 0.631. The van der Waals surface area contributed by atoms with Crippen LogP contribution in [0.2, 0.25) is 0 Å². The van der Waals surface area contributed by atoms with Crippen molar-refractivity contribution in [1.82, 2.24) is 9.59 Å². The van der Waals surface area contributed by atoms with Crippen molar-refractivity contribution in [3.8, 4) is 0 Å². The summed E-state index contributed by atoms with van der Waals surface area (Å²) in [5.41, 5.74) is 7.94. The zero-order valence-electron chi connectivity index (χ0n) is 9.15. The highest BCUT2D eigenvalue weighted by Gasteiger charge is 2.15. The lowest BCUT2D eigenvalue weighted by Gasteiger charge is -2.11. The number of aryl methyl sites for hydroxylation is 1. The molecule has 3 nitrogen and oxygen atoms in total. The Morgan fingerprint density at radius 2 is 2.29 bits per heavy atom. The number of halogens is 2. The van der Waals surface area contributed by atoms with Gasteiger partial charge in [0.1, 0.15) is 5.82 Å². The highest BCUT2D eigenvalue weighted by atomic mass is 79.9. The van der Waals surface area contributed by atoms with Crippen molar-refractivity contribution in [1.29, 1.82) is 0 Å². The minimum Gasteiger partial charge on any atom is -0.323 e. The van der Waals surface area contributed by atoms with Crippen LogP contribution in [0.25, 0.3) is 0 Å². The van der Waals surface area contributed by atoms with Gasteiger partial charge in [0, 0.05) is 10.5 Å². The predicted octanol–water partition coefficient (Wildman–Crippen LogP) is 2.99. The van der Waals surface area contributed by atoms with Gasteiger partial charge in [0.15, 0.2) is 0 Å². The maximum absolute atomic E-state index is 12.9. The van der Waals surface area contributed by atoms with Gasteiger partial charge in [-0.2, -0.15) is 0 Å². The van der Waals surface area contributed by atoms with Crippen LogP contribution >= 0.6 is 27.5 Å². The van der Waals surface area contributed by atoms with Crippen molar-refractivity contribution in [2.45, 2.75) is 19.4 Å². The molecule has 0 aliphatic heterocycles. The smallest absolute Gasteiger partial charge is 0.124 e. The molecule has 0 fully saturated rings. The molecule has 2 N–H and O–H groups in total. The van der Waals surface area contributed by atoms with E-state index in [2.05, 4.69) is 25.5 Å². The van der Waals surface area contributed by atoms with Crippen LogP contribution in [-0.2, 0) is 6.42 Å². The zero-order valence-corrected chi connectivity index (χ0v) is 11.6. The van der Waals surface area contributed by atoms with E-state index in [1.54, 1.807) is 6.07 Å². The highest BCUT2D eigenvalue weighted by Crippen LogP contribution is 2.25. The SMILES string of the molecule is Cc1nnsc1C(N)Cc1ccc(F)cc1Br. The summed E-state index contributed by atoms with van der Waals surface area (Å²) in [5.74, 6) is -0.259. The monoisotopic (exact) mass is 315 g/mol. The predicted molar refractivity (Wildman–Crippen MR) is 69.4 cm³/mol. The van der Waals surface area contributed by atoms with Gasteiger partial charge in [-0.25, -0.2) is 4.39 Å². The summed E-state index contributed by atoms with van der Waals surface area (Å²) in [7, 11) is 0. The normalized spacial score (nSPS) is 12.7. The van der Waals surface area contributed by atoms with E-state index in [4.69, 9.17) is 5.73 Å². The number of nitrogens with two attached hydrogens (primary N) is 1. The number of rotatable bonds is 3. The topological polar surface area (TPSA) is 51.8 Å². The van der Waals surface area contributed by atoms with E-state index in [-0.39, 0.29) is 11.9 Å². The molecular formula is C11H11BrFN3S. The minimum atomic E-state index is -0.259. The Labute approximate surface area is 111 Å².